The van der Waals surface area contributed by atoms with Crippen LogP contribution in [0.2, 0.25) is 0 Å². The molecule has 1 saturated carbocycles. The summed E-state index contributed by atoms with van der Waals surface area (Å²) in [5, 5.41) is 9.63. The zero-order chi connectivity index (χ0) is 17.5. The summed E-state index contributed by atoms with van der Waals surface area (Å²) in [6.45, 7) is 6.38. The highest BCUT2D eigenvalue weighted by atomic mass is 16.5. The molecule has 3 rings (SSSR count). The number of Topliss-reactive ketones (excluding diaryl/α,β-unsaturated/α-hetero) is 1. The molecule has 132 valence electrons. The molecule has 24 heavy (non-hydrogen) atoms. The smallest absolute Gasteiger partial charge is 0.176 e. The first-order chi connectivity index (χ1) is 11.6. The molecule has 1 aliphatic carbocycles. The molecule has 0 aromatic heterocycles. The number of aliphatic hydroxyl groups is 1. The largest absolute Gasteiger partial charge is 0.497 e. The van der Waals surface area contributed by atoms with Gasteiger partial charge in [0.1, 0.15) is 5.75 Å². The number of benzene rings is 1. The molecule has 0 spiro atoms. The lowest BCUT2D eigenvalue weighted by atomic mass is 10.0. The zero-order valence-electron chi connectivity index (χ0n) is 14.9. The van der Waals surface area contributed by atoms with E-state index in [-0.39, 0.29) is 11.9 Å². The molecule has 0 amide bonds. The molecule has 1 aromatic carbocycles. The van der Waals surface area contributed by atoms with Gasteiger partial charge in [0.15, 0.2) is 5.78 Å². The van der Waals surface area contributed by atoms with E-state index in [1.165, 1.54) is 0 Å². The van der Waals surface area contributed by atoms with Gasteiger partial charge < -0.3 is 9.84 Å². The molecule has 0 bridgehead atoms. The first-order valence-electron chi connectivity index (χ1n) is 8.72. The van der Waals surface area contributed by atoms with Crippen LogP contribution in [0, 0.1) is 11.8 Å². The highest BCUT2D eigenvalue weighted by Gasteiger charge is 2.40. The number of methoxy groups -OCH3 is 1. The van der Waals surface area contributed by atoms with Gasteiger partial charge in [0.25, 0.3) is 0 Å². The molecule has 1 heterocycles. The Labute approximate surface area is 145 Å². The Morgan fingerprint density at radius 1 is 1.17 bits per heavy atom. The Morgan fingerprint density at radius 2 is 1.71 bits per heavy atom. The summed E-state index contributed by atoms with van der Waals surface area (Å²) in [7, 11) is 1.62. The van der Waals surface area contributed by atoms with Gasteiger partial charge in [-0.2, -0.15) is 0 Å². The maximum Gasteiger partial charge on any atom is 0.176 e. The summed E-state index contributed by atoms with van der Waals surface area (Å²) < 4.78 is 5.10. The van der Waals surface area contributed by atoms with Crippen LogP contribution in [-0.2, 0) is 0 Å². The quantitative estimate of drug-likeness (QED) is 0.680. The van der Waals surface area contributed by atoms with E-state index in [4.69, 9.17) is 4.74 Å². The summed E-state index contributed by atoms with van der Waals surface area (Å²) in [5.74, 6) is 2.08. The number of hydrogen-bond donors (Lipinski definition) is 1. The van der Waals surface area contributed by atoms with Crippen molar-refractivity contribution in [3.05, 3.63) is 42.0 Å². The topological polar surface area (TPSA) is 49.8 Å². The zero-order valence-corrected chi connectivity index (χ0v) is 14.9. The predicted octanol–water partition coefficient (Wildman–Crippen LogP) is 3.16. The van der Waals surface area contributed by atoms with Gasteiger partial charge in [-0.05, 0) is 62.8 Å². The van der Waals surface area contributed by atoms with Crippen molar-refractivity contribution in [3.63, 3.8) is 0 Å². The number of carbonyl (C=O) groups is 1. The Kier molecular flexibility index (Phi) is 7.00. The van der Waals surface area contributed by atoms with Gasteiger partial charge >= 0.3 is 0 Å². The van der Waals surface area contributed by atoms with Crippen LogP contribution in [0.3, 0.4) is 0 Å². The number of fused-ring (bicyclic) bond motifs is 1. The van der Waals surface area contributed by atoms with Gasteiger partial charge in [0.2, 0.25) is 0 Å². The number of nitrogens with zero attached hydrogens (tertiary/aromatic N) is 1. The Bertz CT molecular complexity index is 535. The van der Waals surface area contributed by atoms with Crippen LogP contribution in [0.1, 0.15) is 37.0 Å². The number of rotatable bonds is 4. The van der Waals surface area contributed by atoms with E-state index in [1.54, 1.807) is 7.11 Å². The molecular formula is C20H29NO3. The fourth-order valence-electron chi connectivity index (χ4n) is 3.57. The average Bonchev–Trinajstić information content (AvgIpc) is 3.11. The molecule has 0 radical (unpaired) electrons. The number of ketones is 1. The van der Waals surface area contributed by atoms with E-state index in [1.807, 2.05) is 50.3 Å². The number of likely N-dealkylation sites (tertiary alicyclic amines) is 1. The van der Waals surface area contributed by atoms with Gasteiger partial charge in [-0.3, -0.25) is 9.69 Å². The third kappa shape index (κ3) is 4.92. The van der Waals surface area contributed by atoms with Crippen molar-refractivity contribution >= 4 is 5.78 Å². The molecular weight excluding hydrogens is 302 g/mol. The van der Waals surface area contributed by atoms with Gasteiger partial charge in [-0.25, -0.2) is 0 Å². The van der Waals surface area contributed by atoms with Crippen molar-refractivity contribution in [2.24, 2.45) is 11.8 Å². The molecule has 1 N–H and O–H groups in total. The lowest BCUT2D eigenvalue weighted by Gasteiger charge is -2.16. The summed E-state index contributed by atoms with van der Waals surface area (Å²) in [5.41, 5.74) is 0.739. The van der Waals surface area contributed by atoms with Crippen LogP contribution in [0.5, 0.6) is 5.75 Å². The number of hydrogen-bond acceptors (Lipinski definition) is 4. The first-order valence-corrected chi connectivity index (χ1v) is 8.72. The van der Waals surface area contributed by atoms with Crippen molar-refractivity contribution in [2.45, 2.75) is 32.8 Å². The summed E-state index contributed by atoms with van der Waals surface area (Å²) in [6, 6.07) is 7.29. The van der Waals surface area contributed by atoms with Crippen LogP contribution < -0.4 is 4.74 Å². The average molecular weight is 331 g/mol. The number of allylic oxidation sites excluding steroid dienone is 2. The molecule has 3 atom stereocenters. The van der Waals surface area contributed by atoms with Crippen LogP contribution in [0.25, 0.3) is 0 Å². The molecule has 1 unspecified atom stereocenters. The molecule has 1 saturated heterocycles. The van der Waals surface area contributed by atoms with E-state index in [9.17, 15) is 9.90 Å². The molecule has 1 aromatic rings. The minimum Gasteiger partial charge on any atom is -0.497 e. The second kappa shape index (κ2) is 9.00. The molecule has 4 nitrogen and oxygen atoms in total. The summed E-state index contributed by atoms with van der Waals surface area (Å²) >= 11 is 0. The van der Waals surface area contributed by atoms with Crippen molar-refractivity contribution in [1.29, 1.82) is 0 Å². The highest BCUT2D eigenvalue weighted by Crippen LogP contribution is 2.37. The Morgan fingerprint density at radius 3 is 2.17 bits per heavy atom. The summed E-state index contributed by atoms with van der Waals surface area (Å²) in [4.78, 5) is 14.5. The normalized spacial score (nSPS) is 26.1. The predicted molar refractivity (Wildman–Crippen MR) is 96.5 cm³/mol. The highest BCUT2D eigenvalue weighted by molar-refractivity contribution is 5.97. The van der Waals surface area contributed by atoms with Crippen molar-refractivity contribution in [1.82, 2.24) is 4.90 Å². The lowest BCUT2D eigenvalue weighted by Crippen LogP contribution is -2.29. The number of ether oxygens (including phenoxy) is 1. The SMILES string of the molecule is C/C=C\C.COc1ccc(C(=O)CN2C[C@H]3CC(O)C[C@H]3C2)cc1. The van der Waals surface area contributed by atoms with E-state index in [0.717, 1.165) is 37.2 Å². The lowest BCUT2D eigenvalue weighted by molar-refractivity contribution is 0.0935. The molecule has 2 aliphatic rings. The van der Waals surface area contributed by atoms with E-state index < -0.39 is 0 Å². The van der Waals surface area contributed by atoms with E-state index in [0.29, 0.717) is 18.4 Å². The van der Waals surface area contributed by atoms with Gasteiger partial charge in [0.05, 0.1) is 19.8 Å². The van der Waals surface area contributed by atoms with Gasteiger partial charge in [0, 0.05) is 18.7 Å². The standard InChI is InChI=1S/C16H21NO3.C4H8/c1-20-15-4-2-11(3-5-15)16(19)10-17-8-12-6-14(18)7-13(12)9-17;1-3-4-2/h2-5,12-14,18H,6-10H2,1H3;3-4H,1-2H3/b;4-3-/t12-,13+,14?;. The van der Waals surface area contributed by atoms with Crippen LogP contribution in [0.4, 0.5) is 0 Å². The second-order valence-electron chi connectivity index (χ2n) is 6.66. The monoisotopic (exact) mass is 331 g/mol. The first kappa shape index (κ1) is 18.7. The fraction of sp³-hybridized carbons (Fsp3) is 0.550. The minimum atomic E-state index is -0.121. The third-order valence-corrected chi connectivity index (χ3v) is 4.91. The Hall–Kier alpha value is -1.65. The van der Waals surface area contributed by atoms with Crippen molar-refractivity contribution in [2.75, 3.05) is 26.7 Å². The van der Waals surface area contributed by atoms with E-state index >= 15 is 0 Å². The molecule has 2 fully saturated rings. The summed E-state index contributed by atoms with van der Waals surface area (Å²) in [6.07, 6.45) is 5.68. The maximum absolute atomic E-state index is 12.3. The number of aliphatic hydroxyl groups excluding tert-OH is 1. The van der Waals surface area contributed by atoms with E-state index in [2.05, 4.69) is 4.90 Å². The third-order valence-electron chi connectivity index (χ3n) is 4.91. The minimum absolute atomic E-state index is 0.121. The molecule has 4 heteroatoms. The van der Waals surface area contributed by atoms with Crippen molar-refractivity contribution in [3.8, 4) is 5.75 Å². The van der Waals surface area contributed by atoms with Crippen LogP contribution in [-0.4, -0.2) is 48.6 Å². The fourth-order valence-corrected chi connectivity index (χ4v) is 3.57. The maximum atomic E-state index is 12.3. The van der Waals surface area contributed by atoms with Gasteiger partial charge in [-0.15, -0.1) is 0 Å². The molecule has 1 aliphatic heterocycles. The second-order valence-corrected chi connectivity index (χ2v) is 6.66. The number of carbonyl (C=O) groups excluding carboxylic acids is 1. The van der Waals surface area contributed by atoms with Crippen LogP contribution >= 0.6 is 0 Å². The van der Waals surface area contributed by atoms with Crippen molar-refractivity contribution < 1.29 is 14.6 Å². The Balaban J connectivity index is 0.000000471. The van der Waals surface area contributed by atoms with Gasteiger partial charge in [-0.1, -0.05) is 12.2 Å². The van der Waals surface area contributed by atoms with Crippen LogP contribution in [0.15, 0.2) is 36.4 Å².